The Labute approximate surface area is 132 Å². The molecule has 0 radical (unpaired) electrons. The zero-order valence-corrected chi connectivity index (χ0v) is 13.5. The van der Waals surface area contributed by atoms with Crippen molar-refractivity contribution in [1.29, 1.82) is 0 Å². The van der Waals surface area contributed by atoms with Gasteiger partial charge in [-0.05, 0) is 12.1 Å². The van der Waals surface area contributed by atoms with E-state index in [4.69, 9.17) is 0 Å². The third kappa shape index (κ3) is 2.50. The fourth-order valence-electron chi connectivity index (χ4n) is 2.52. The molecule has 3 aromatic rings. The molecule has 0 aliphatic carbocycles. The van der Waals surface area contributed by atoms with Crippen molar-refractivity contribution in [1.82, 2.24) is 14.4 Å². The second-order valence-electron chi connectivity index (χ2n) is 6.18. The van der Waals surface area contributed by atoms with Crippen LogP contribution in [0.4, 0.5) is 0 Å². The number of aliphatic carboxylic acids is 1. The van der Waals surface area contributed by atoms with E-state index in [1.54, 1.807) is 6.20 Å². The number of rotatable bonds is 3. The van der Waals surface area contributed by atoms with Crippen molar-refractivity contribution < 1.29 is 9.90 Å². The molecule has 0 bridgehead atoms. The summed E-state index contributed by atoms with van der Waals surface area (Å²) in [5, 5.41) is 11.3. The minimum atomic E-state index is -0.856. The average Bonchev–Trinajstić information content (AvgIpc) is 2.99. The highest BCUT2D eigenvalue weighted by Gasteiger charge is 2.27. The molecule has 3 rings (SSSR count). The first kappa shape index (κ1) is 14.7. The summed E-state index contributed by atoms with van der Waals surface area (Å²) in [5.74, 6) is -0.856. The minimum absolute atomic E-state index is 0.0513. The van der Waals surface area contributed by atoms with Gasteiger partial charge in [0.2, 0.25) is 0 Å². The molecule has 6 heteroatoms. The van der Waals surface area contributed by atoms with Gasteiger partial charge in [0.15, 0.2) is 4.96 Å². The molecule has 1 N–H and O–H groups in total. The number of aromatic nitrogens is 3. The lowest BCUT2D eigenvalue weighted by Gasteiger charge is -2.17. The number of fused-ring (bicyclic) bond motifs is 1. The lowest BCUT2D eigenvalue weighted by molar-refractivity contribution is -0.136. The van der Waals surface area contributed by atoms with Gasteiger partial charge in [0.05, 0.1) is 29.2 Å². The number of thiazole rings is 1. The quantitative estimate of drug-likeness (QED) is 0.804. The topological polar surface area (TPSA) is 67.5 Å². The number of carbonyl (C=O) groups is 1. The number of nitrogens with zero attached hydrogens (tertiary/aromatic N) is 3. The molecule has 0 saturated carbocycles. The van der Waals surface area contributed by atoms with Crippen molar-refractivity contribution in [2.45, 2.75) is 32.6 Å². The molecule has 0 fully saturated rings. The van der Waals surface area contributed by atoms with Crippen LogP contribution in [0.3, 0.4) is 0 Å². The van der Waals surface area contributed by atoms with Gasteiger partial charge in [-0.1, -0.05) is 26.8 Å². The molecule has 22 heavy (non-hydrogen) atoms. The molecule has 0 spiro atoms. The maximum atomic E-state index is 11.3. The Bertz CT molecular complexity index is 828. The highest BCUT2D eigenvalue weighted by Crippen LogP contribution is 2.33. The molecule has 3 heterocycles. The van der Waals surface area contributed by atoms with Crippen LogP contribution in [0.1, 0.15) is 32.2 Å². The molecule has 0 amide bonds. The lowest BCUT2D eigenvalue weighted by Crippen LogP contribution is -2.17. The Morgan fingerprint density at radius 3 is 2.73 bits per heavy atom. The highest BCUT2D eigenvalue weighted by atomic mass is 32.1. The third-order valence-corrected chi connectivity index (χ3v) is 4.24. The van der Waals surface area contributed by atoms with Crippen LogP contribution in [0.15, 0.2) is 29.8 Å². The molecular weight excluding hydrogens is 298 g/mol. The van der Waals surface area contributed by atoms with Crippen LogP contribution in [0, 0.1) is 0 Å². The molecular formula is C16H17N3O2S. The van der Waals surface area contributed by atoms with E-state index in [0.717, 1.165) is 27.7 Å². The molecule has 0 aliphatic rings. The molecule has 114 valence electrons. The summed E-state index contributed by atoms with van der Waals surface area (Å²) in [7, 11) is 0. The van der Waals surface area contributed by atoms with Crippen LogP contribution < -0.4 is 0 Å². The predicted octanol–water partition coefficient (Wildman–Crippen LogP) is 3.38. The SMILES string of the molecule is CC(C)(C)c1nc2scc(-c3ccccn3)n2c1CC(=O)O. The van der Waals surface area contributed by atoms with Gasteiger partial charge in [-0.25, -0.2) is 4.98 Å². The summed E-state index contributed by atoms with van der Waals surface area (Å²) in [6.07, 6.45) is 1.68. The average molecular weight is 315 g/mol. The van der Waals surface area contributed by atoms with Crippen LogP contribution in [0.5, 0.6) is 0 Å². The second-order valence-corrected chi connectivity index (χ2v) is 7.02. The van der Waals surface area contributed by atoms with Crippen molar-refractivity contribution in [3.05, 3.63) is 41.2 Å². The summed E-state index contributed by atoms with van der Waals surface area (Å²) >= 11 is 1.51. The zero-order valence-electron chi connectivity index (χ0n) is 12.7. The fraction of sp³-hybridized carbons (Fsp3) is 0.312. The maximum absolute atomic E-state index is 11.3. The summed E-state index contributed by atoms with van der Waals surface area (Å²) in [6.45, 7) is 6.14. The monoisotopic (exact) mass is 315 g/mol. The van der Waals surface area contributed by atoms with E-state index < -0.39 is 5.97 Å². The molecule has 5 nitrogen and oxygen atoms in total. The van der Waals surface area contributed by atoms with Crippen molar-refractivity contribution in [3.8, 4) is 11.4 Å². The van der Waals surface area contributed by atoms with E-state index in [1.165, 1.54) is 11.3 Å². The van der Waals surface area contributed by atoms with Crippen molar-refractivity contribution >= 4 is 22.3 Å². The maximum Gasteiger partial charge on any atom is 0.309 e. The third-order valence-electron chi connectivity index (χ3n) is 3.42. The Hall–Kier alpha value is -2.21. The van der Waals surface area contributed by atoms with Gasteiger partial charge < -0.3 is 5.11 Å². The normalized spacial score (nSPS) is 12.0. The summed E-state index contributed by atoms with van der Waals surface area (Å²) < 4.78 is 1.93. The van der Waals surface area contributed by atoms with Crippen LogP contribution in [-0.2, 0) is 16.6 Å². The van der Waals surface area contributed by atoms with E-state index in [9.17, 15) is 9.90 Å². The first-order valence-corrected chi connectivity index (χ1v) is 7.88. The number of hydrogen-bond donors (Lipinski definition) is 1. The van der Waals surface area contributed by atoms with Crippen molar-refractivity contribution in [2.75, 3.05) is 0 Å². The van der Waals surface area contributed by atoms with Gasteiger partial charge in [0.1, 0.15) is 0 Å². The second kappa shape index (κ2) is 5.21. The van der Waals surface area contributed by atoms with E-state index in [2.05, 4.69) is 9.97 Å². The Kier molecular flexibility index (Phi) is 3.48. The highest BCUT2D eigenvalue weighted by molar-refractivity contribution is 7.15. The van der Waals surface area contributed by atoms with Gasteiger partial charge in [0, 0.05) is 17.0 Å². The first-order chi connectivity index (χ1) is 10.4. The van der Waals surface area contributed by atoms with E-state index in [-0.39, 0.29) is 11.8 Å². The predicted molar refractivity (Wildman–Crippen MR) is 86.3 cm³/mol. The molecule has 0 unspecified atom stereocenters. The fourth-order valence-corrected chi connectivity index (χ4v) is 3.42. The summed E-state index contributed by atoms with van der Waals surface area (Å²) in [4.78, 5) is 21.2. The van der Waals surface area contributed by atoms with Gasteiger partial charge in [-0.3, -0.25) is 14.2 Å². The smallest absolute Gasteiger partial charge is 0.309 e. The molecule has 0 aliphatic heterocycles. The lowest BCUT2D eigenvalue weighted by atomic mass is 9.90. The van der Waals surface area contributed by atoms with Gasteiger partial charge in [0.25, 0.3) is 0 Å². The molecule has 3 aromatic heterocycles. The van der Waals surface area contributed by atoms with Crippen LogP contribution in [-0.4, -0.2) is 25.4 Å². The Morgan fingerprint density at radius 2 is 2.14 bits per heavy atom. The van der Waals surface area contributed by atoms with Crippen LogP contribution in [0.25, 0.3) is 16.3 Å². The van der Waals surface area contributed by atoms with Gasteiger partial charge >= 0.3 is 5.97 Å². The molecule has 0 aromatic carbocycles. The number of carboxylic acids is 1. The Morgan fingerprint density at radius 1 is 1.36 bits per heavy atom. The Balaban J connectivity index is 2.29. The van der Waals surface area contributed by atoms with E-state index in [1.807, 2.05) is 48.8 Å². The number of pyridine rings is 1. The van der Waals surface area contributed by atoms with Crippen molar-refractivity contribution in [3.63, 3.8) is 0 Å². The van der Waals surface area contributed by atoms with Crippen molar-refractivity contribution in [2.24, 2.45) is 0 Å². The van der Waals surface area contributed by atoms with Gasteiger partial charge in [-0.15, -0.1) is 11.3 Å². The number of imidazole rings is 1. The summed E-state index contributed by atoms with van der Waals surface area (Å²) in [6, 6.07) is 5.70. The zero-order chi connectivity index (χ0) is 15.9. The molecule has 0 atom stereocenters. The standard InChI is InChI=1S/C16H17N3O2S/c1-16(2,3)14-11(8-13(20)21)19-12(9-22-15(19)18-14)10-6-4-5-7-17-10/h4-7,9H,8H2,1-3H3,(H,20,21). The summed E-state index contributed by atoms with van der Waals surface area (Å²) in [5.41, 5.74) is 3.06. The van der Waals surface area contributed by atoms with Gasteiger partial charge in [-0.2, -0.15) is 0 Å². The van der Waals surface area contributed by atoms with E-state index in [0.29, 0.717) is 0 Å². The number of carboxylic acid groups (broad SMARTS) is 1. The first-order valence-electron chi connectivity index (χ1n) is 7.00. The minimum Gasteiger partial charge on any atom is -0.481 e. The van der Waals surface area contributed by atoms with E-state index >= 15 is 0 Å². The van der Waals surface area contributed by atoms with Crippen LogP contribution in [0.2, 0.25) is 0 Å². The molecule has 0 saturated heterocycles. The number of hydrogen-bond acceptors (Lipinski definition) is 4. The largest absolute Gasteiger partial charge is 0.481 e. The van der Waals surface area contributed by atoms with Crippen LogP contribution >= 0.6 is 11.3 Å².